The van der Waals surface area contributed by atoms with Crippen molar-refractivity contribution in [2.45, 2.75) is 51.6 Å². The van der Waals surface area contributed by atoms with Crippen LogP contribution in [0.4, 0.5) is 0 Å². The summed E-state index contributed by atoms with van der Waals surface area (Å²) >= 11 is 14.3. The van der Waals surface area contributed by atoms with Gasteiger partial charge >= 0.3 is 0 Å². The number of hydrogen-bond acceptors (Lipinski definition) is 5. The van der Waals surface area contributed by atoms with Crippen LogP contribution in [0.25, 0.3) is 0 Å². The average molecular weight is 505 g/mol. The quantitative estimate of drug-likeness (QED) is 0.381. The van der Waals surface area contributed by atoms with E-state index in [0.29, 0.717) is 30.9 Å². The number of carbonyl (C=O) groups is 1. The topological polar surface area (TPSA) is 63.7 Å². The normalized spacial score (nSPS) is 17.6. The molecule has 1 fully saturated rings. The fourth-order valence-corrected chi connectivity index (χ4v) is 6.68. The molecule has 1 amide bonds. The number of benzene rings is 1. The second-order valence-electron chi connectivity index (χ2n) is 7.75. The molecule has 1 unspecified atom stereocenters. The Kier molecular flexibility index (Phi) is 8.67. The van der Waals surface area contributed by atoms with Crippen LogP contribution in [0.15, 0.2) is 29.6 Å². The van der Waals surface area contributed by atoms with Gasteiger partial charge in [-0.3, -0.25) is 4.79 Å². The van der Waals surface area contributed by atoms with Crippen molar-refractivity contribution in [3.05, 3.63) is 50.1 Å². The molecular weight excluding hydrogens is 477 g/mol. The molecular formula is C22H27Cl2NO4S2. The summed E-state index contributed by atoms with van der Waals surface area (Å²) < 4.78 is 29.8. The molecule has 2 heterocycles. The Bertz CT molecular complexity index is 970. The van der Waals surface area contributed by atoms with E-state index in [0.717, 1.165) is 30.6 Å². The van der Waals surface area contributed by atoms with Crippen LogP contribution in [0.5, 0.6) is 5.75 Å². The highest BCUT2D eigenvalue weighted by atomic mass is 35.5. The van der Waals surface area contributed by atoms with Crippen LogP contribution in [-0.2, 0) is 16.4 Å². The first-order chi connectivity index (χ1) is 14.8. The van der Waals surface area contributed by atoms with E-state index >= 15 is 0 Å². The minimum Gasteiger partial charge on any atom is -0.490 e. The van der Waals surface area contributed by atoms with Gasteiger partial charge in [0.2, 0.25) is 0 Å². The average Bonchev–Trinajstić information content (AvgIpc) is 3.36. The molecule has 170 valence electrons. The van der Waals surface area contributed by atoms with Crippen molar-refractivity contribution in [1.82, 2.24) is 4.90 Å². The summed E-state index contributed by atoms with van der Waals surface area (Å²) in [7, 11) is -3.14. The van der Waals surface area contributed by atoms with Gasteiger partial charge in [-0.15, -0.1) is 11.3 Å². The molecule has 1 aromatic carbocycles. The Morgan fingerprint density at radius 3 is 2.55 bits per heavy atom. The lowest BCUT2D eigenvalue weighted by atomic mass is 10.1. The maximum atomic E-state index is 13.4. The zero-order valence-electron chi connectivity index (χ0n) is 17.5. The van der Waals surface area contributed by atoms with Gasteiger partial charge in [0.15, 0.2) is 15.6 Å². The zero-order valence-corrected chi connectivity index (χ0v) is 20.6. The largest absolute Gasteiger partial charge is 0.490 e. The van der Waals surface area contributed by atoms with Gasteiger partial charge in [0, 0.05) is 16.5 Å². The standard InChI is InChI=1S/C22H27Cl2NO4S2/c1-2-3-4-5-9-29-21-19(23)12-16(13-20(21)24)22(26)25(14-18-7-6-10-30-18)17-8-11-31(27,28)15-17/h6-7,10,12-13,17H,2-5,8-9,11,14-15H2,1H3. The summed E-state index contributed by atoms with van der Waals surface area (Å²) in [6, 6.07) is 6.59. The predicted molar refractivity (Wildman–Crippen MR) is 127 cm³/mol. The van der Waals surface area contributed by atoms with E-state index in [1.165, 1.54) is 11.3 Å². The van der Waals surface area contributed by atoms with Crippen LogP contribution in [0.3, 0.4) is 0 Å². The molecule has 5 nitrogen and oxygen atoms in total. The van der Waals surface area contributed by atoms with Crippen molar-refractivity contribution in [1.29, 1.82) is 0 Å². The van der Waals surface area contributed by atoms with Gasteiger partial charge in [-0.2, -0.15) is 0 Å². The minimum atomic E-state index is -3.14. The molecule has 0 spiro atoms. The number of nitrogens with zero attached hydrogens (tertiary/aromatic N) is 1. The van der Waals surface area contributed by atoms with Crippen molar-refractivity contribution in [3.8, 4) is 5.75 Å². The highest BCUT2D eigenvalue weighted by molar-refractivity contribution is 7.91. The number of thiophene rings is 1. The molecule has 0 N–H and O–H groups in total. The predicted octanol–water partition coefficient (Wildman–Crippen LogP) is 5.84. The number of ether oxygens (including phenoxy) is 1. The summed E-state index contributed by atoms with van der Waals surface area (Å²) in [6.45, 7) is 3.01. The number of unbranched alkanes of at least 4 members (excludes halogenated alkanes) is 3. The molecule has 31 heavy (non-hydrogen) atoms. The Labute approximate surface area is 198 Å². The van der Waals surface area contributed by atoms with Crippen molar-refractivity contribution in [3.63, 3.8) is 0 Å². The zero-order chi connectivity index (χ0) is 22.4. The summed E-state index contributed by atoms with van der Waals surface area (Å²) in [5, 5.41) is 2.49. The van der Waals surface area contributed by atoms with Crippen LogP contribution < -0.4 is 4.74 Å². The second-order valence-corrected chi connectivity index (χ2v) is 11.8. The number of amides is 1. The van der Waals surface area contributed by atoms with Gasteiger partial charge in [0.05, 0.1) is 34.7 Å². The molecule has 1 aliphatic heterocycles. The summed E-state index contributed by atoms with van der Waals surface area (Å²) in [4.78, 5) is 16.0. The molecule has 0 aliphatic carbocycles. The molecule has 1 atom stereocenters. The first kappa shape index (κ1) is 24.4. The monoisotopic (exact) mass is 503 g/mol. The molecule has 0 bridgehead atoms. The highest BCUT2D eigenvalue weighted by Crippen LogP contribution is 2.35. The van der Waals surface area contributed by atoms with Crippen molar-refractivity contribution in [2.24, 2.45) is 0 Å². The van der Waals surface area contributed by atoms with Gasteiger partial charge in [-0.1, -0.05) is 55.5 Å². The van der Waals surface area contributed by atoms with Gasteiger partial charge in [-0.05, 0) is 36.4 Å². The fraction of sp³-hybridized carbons (Fsp3) is 0.500. The number of halogens is 2. The maximum Gasteiger partial charge on any atom is 0.254 e. The van der Waals surface area contributed by atoms with Crippen LogP contribution in [0.1, 0.15) is 54.3 Å². The van der Waals surface area contributed by atoms with Gasteiger partial charge in [0.1, 0.15) is 0 Å². The lowest BCUT2D eigenvalue weighted by Crippen LogP contribution is -2.40. The number of sulfone groups is 1. The van der Waals surface area contributed by atoms with Crippen molar-refractivity contribution >= 4 is 50.3 Å². The van der Waals surface area contributed by atoms with Gasteiger partial charge < -0.3 is 9.64 Å². The third-order valence-corrected chi connectivity index (χ3v) is 8.48. The summed E-state index contributed by atoms with van der Waals surface area (Å²) in [6.07, 6.45) is 4.70. The minimum absolute atomic E-state index is 0.0233. The molecule has 1 aromatic heterocycles. The van der Waals surface area contributed by atoms with Crippen LogP contribution >= 0.6 is 34.5 Å². The van der Waals surface area contributed by atoms with Gasteiger partial charge in [0.25, 0.3) is 5.91 Å². The van der Waals surface area contributed by atoms with Crippen LogP contribution in [0.2, 0.25) is 10.0 Å². The van der Waals surface area contributed by atoms with E-state index in [-0.39, 0.29) is 33.5 Å². The van der Waals surface area contributed by atoms with Gasteiger partial charge in [-0.25, -0.2) is 8.42 Å². The molecule has 1 aliphatic rings. The summed E-state index contributed by atoms with van der Waals surface area (Å²) in [5.41, 5.74) is 0.328. The number of carbonyl (C=O) groups excluding carboxylic acids is 1. The Balaban J connectivity index is 1.78. The molecule has 1 saturated heterocycles. The molecule has 0 saturated carbocycles. The van der Waals surface area contributed by atoms with E-state index in [9.17, 15) is 13.2 Å². The molecule has 3 rings (SSSR count). The highest BCUT2D eigenvalue weighted by Gasteiger charge is 2.35. The number of hydrogen-bond donors (Lipinski definition) is 0. The van der Waals surface area contributed by atoms with Crippen molar-refractivity contribution in [2.75, 3.05) is 18.1 Å². The Morgan fingerprint density at radius 2 is 1.97 bits per heavy atom. The lowest BCUT2D eigenvalue weighted by Gasteiger charge is -2.28. The van der Waals surface area contributed by atoms with E-state index in [4.69, 9.17) is 27.9 Å². The Morgan fingerprint density at radius 1 is 1.23 bits per heavy atom. The molecule has 2 aromatic rings. The van der Waals surface area contributed by atoms with Crippen LogP contribution in [0, 0.1) is 0 Å². The first-order valence-electron chi connectivity index (χ1n) is 10.5. The smallest absolute Gasteiger partial charge is 0.254 e. The third-order valence-electron chi connectivity index (χ3n) is 5.31. The fourth-order valence-electron chi connectivity index (χ4n) is 3.65. The second kappa shape index (κ2) is 11.0. The molecule has 0 radical (unpaired) electrons. The molecule has 9 heteroatoms. The third kappa shape index (κ3) is 6.60. The maximum absolute atomic E-state index is 13.4. The summed E-state index contributed by atoms with van der Waals surface area (Å²) in [5.74, 6) is 0.168. The van der Waals surface area contributed by atoms with Crippen LogP contribution in [-0.4, -0.2) is 43.4 Å². The van der Waals surface area contributed by atoms with E-state index in [1.807, 2.05) is 17.5 Å². The van der Waals surface area contributed by atoms with E-state index in [1.54, 1.807) is 17.0 Å². The SMILES string of the molecule is CCCCCCOc1c(Cl)cc(C(=O)N(Cc2cccs2)C2CCS(=O)(=O)C2)cc1Cl. The number of rotatable bonds is 10. The van der Waals surface area contributed by atoms with Crippen molar-refractivity contribution < 1.29 is 17.9 Å². The lowest BCUT2D eigenvalue weighted by molar-refractivity contribution is 0.0683. The first-order valence-corrected chi connectivity index (χ1v) is 13.9. The van der Waals surface area contributed by atoms with E-state index < -0.39 is 9.84 Å². The van der Waals surface area contributed by atoms with E-state index in [2.05, 4.69) is 6.92 Å². The Hall–Kier alpha value is -1.28.